The standard InChI is InChI=1S/C41H80O12S/c1-3-5-6-7-8-9-10-11-12-13-14-15-16-17-18-19-20-21-22-23-24-25-26-27-28-29-31-49-33-35(51-37(43)30-4-2)34-50-41-39(45)40(53-54(46,47)48)38(44)36(32-42)52-41/h35-36,38-42,44-45H,3-34H2,1-2H3,(H,46,47,48). The summed E-state index contributed by atoms with van der Waals surface area (Å²) in [6.45, 7) is 3.63. The molecule has 322 valence electrons. The summed E-state index contributed by atoms with van der Waals surface area (Å²) in [5.41, 5.74) is 0. The van der Waals surface area contributed by atoms with E-state index in [1.807, 2.05) is 6.92 Å². The Morgan fingerprint density at radius 2 is 1.06 bits per heavy atom. The first-order valence-corrected chi connectivity index (χ1v) is 23.2. The molecule has 54 heavy (non-hydrogen) atoms. The Kier molecular flexibility index (Phi) is 32.3. The fraction of sp³-hybridized carbons (Fsp3) is 0.976. The van der Waals surface area contributed by atoms with Gasteiger partial charge in [0, 0.05) is 13.0 Å². The van der Waals surface area contributed by atoms with E-state index in [0.717, 1.165) is 19.3 Å². The van der Waals surface area contributed by atoms with Crippen LogP contribution in [-0.2, 0) is 38.3 Å². The number of esters is 1. The van der Waals surface area contributed by atoms with Gasteiger partial charge in [-0.2, -0.15) is 8.42 Å². The molecule has 1 heterocycles. The van der Waals surface area contributed by atoms with E-state index in [1.165, 1.54) is 148 Å². The largest absolute Gasteiger partial charge is 0.457 e. The lowest BCUT2D eigenvalue weighted by Gasteiger charge is -2.41. The van der Waals surface area contributed by atoms with Crippen LogP contribution in [-0.4, -0.2) is 97.5 Å². The number of aliphatic hydroxyl groups is 3. The van der Waals surface area contributed by atoms with Gasteiger partial charge in [0.05, 0.1) is 19.8 Å². The minimum atomic E-state index is -5.04. The van der Waals surface area contributed by atoms with Crippen molar-refractivity contribution in [1.29, 1.82) is 0 Å². The Hall–Kier alpha value is -0.900. The zero-order chi connectivity index (χ0) is 39.7. The van der Waals surface area contributed by atoms with E-state index in [4.69, 9.17) is 23.5 Å². The highest BCUT2D eigenvalue weighted by Gasteiger charge is 2.48. The van der Waals surface area contributed by atoms with E-state index in [-0.39, 0.29) is 19.6 Å². The smallest absolute Gasteiger partial charge is 0.397 e. The molecule has 0 amide bonds. The van der Waals surface area contributed by atoms with Crippen molar-refractivity contribution in [1.82, 2.24) is 0 Å². The lowest BCUT2D eigenvalue weighted by molar-refractivity contribution is -0.301. The van der Waals surface area contributed by atoms with Crippen LogP contribution < -0.4 is 0 Å². The monoisotopic (exact) mass is 797 g/mol. The van der Waals surface area contributed by atoms with Crippen LogP contribution in [0.25, 0.3) is 0 Å². The lowest BCUT2D eigenvalue weighted by atomic mass is 9.99. The third-order valence-electron chi connectivity index (χ3n) is 10.2. The highest BCUT2D eigenvalue weighted by atomic mass is 32.3. The van der Waals surface area contributed by atoms with Crippen molar-refractivity contribution in [3.63, 3.8) is 0 Å². The predicted molar refractivity (Wildman–Crippen MR) is 211 cm³/mol. The molecule has 0 bridgehead atoms. The summed E-state index contributed by atoms with van der Waals surface area (Å²) in [7, 11) is -5.04. The number of hydrogen-bond donors (Lipinski definition) is 4. The number of unbranched alkanes of at least 4 members (excludes halogenated alkanes) is 25. The molecule has 1 rings (SSSR count). The Morgan fingerprint density at radius 1 is 0.630 bits per heavy atom. The SMILES string of the molecule is CCCCCCCCCCCCCCCCCCCCCCCCCCCCOCC(COC1OC(CO)C(O)C(OS(=O)(=O)O)C1O)OC(=O)CCC. The lowest BCUT2D eigenvalue weighted by Crippen LogP contribution is -2.60. The molecule has 0 saturated carbocycles. The second kappa shape index (κ2) is 34.2. The summed E-state index contributed by atoms with van der Waals surface area (Å²) in [6, 6.07) is 0. The number of carbonyl (C=O) groups is 1. The third-order valence-corrected chi connectivity index (χ3v) is 10.7. The van der Waals surface area contributed by atoms with Gasteiger partial charge in [0.2, 0.25) is 0 Å². The second-order valence-electron chi connectivity index (χ2n) is 15.3. The molecule has 0 aliphatic carbocycles. The van der Waals surface area contributed by atoms with Gasteiger partial charge in [-0.1, -0.05) is 174 Å². The first-order chi connectivity index (χ1) is 26.1. The topological polar surface area (TPSA) is 178 Å². The molecule has 13 heteroatoms. The molecular weight excluding hydrogens is 717 g/mol. The van der Waals surface area contributed by atoms with Gasteiger partial charge in [0.15, 0.2) is 6.29 Å². The van der Waals surface area contributed by atoms with Gasteiger partial charge in [0.1, 0.15) is 30.5 Å². The van der Waals surface area contributed by atoms with Gasteiger partial charge in [0.25, 0.3) is 0 Å². The molecule has 1 saturated heterocycles. The molecule has 0 aromatic rings. The van der Waals surface area contributed by atoms with Crippen molar-refractivity contribution >= 4 is 16.4 Å². The molecule has 4 N–H and O–H groups in total. The minimum Gasteiger partial charge on any atom is -0.457 e. The van der Waals surface area contributed by atoms with Gasteiger partial charge in [-0.15, -0.1) is 0 Å². The van der Waals surface area contributed by atoms with Crippen LogP contribution in [0.15, 0.2) is 0 Å². The van der Waals surface area contributed by atoms with Crippen molar-refractivity contribution in [2.24, 2.45) is 0 Å². The number of ether oxygens (including phenoxy) is 4. The van der Waals surface area contributed by atoms with Crippen molar-refractivity contribution < 1.29 is 56.2 Å². The molecule has 6 unspecified atom stereocenters. The maximum atomic E-state index is 12.2. The normalized spacial score (nSPS) is 21.0. The van der Waals surface area contributed by atoms with Crippen LogP contribution in [0, 0.1) is 0 Å². The quantitative estimate of drug-likeness (QED) is 0.0266. The number of hydrogen-bond acceptors (Lipinski definition) is 11. The molecule has 12 nitrogen and oxygen atoms in total. The Morgan fingerprint density at radius 3 is 1.44 bits per heavy atom. The zero-order valence-electron chi connectivity index (χ0n) is 34.1. The maximum absolute atomic E-state index is 12.2. The van der Waals surface area contributed by atoms with Gasteiger partial charge in [-0.05, 0) is 12.8 Å². The molecule has 1 aliphatic rings. The minimum absolute atomic E-state index is 0.0364. The molecule has 1 fully saturated rings. The van der Waals surface area contributed by atoms with E-state index in [1.54, 1.807) is 0 Å². The van der Waals surface area contributed by atoms with E-state index in [2.05, 4.69) is 11.1 Å². The number of aliphatic hydroxyl groups excluding tert-OH is 3. The predicted octanol–water partition coefficient (Wildman–Crippen LogP) is 8.52. The van der Waals surface area contributed by atoms with E-state index < -0.39 is 59.8 Å². The summed E-state index contributed by atoms with van der Waals surface area (Å²) in [5.74, 6) is -0.448. The fourth-order valence-electron chi connectivity index (χ4n) is 6.95. The Balaban J connectivity index is 2.05. The Labute approximate surface area is 328 Å². The molecule has 0 spiro atoms. The van der Waals surface area contributed by atoms with E-state index >= 15 is 0 Å². The van der Waals surface area contributed by atoms with Crippen molar-refractivity contribution in [3.8, 4) is 0 Å². The van der Waals surface area contributed by atoms with E-state index in [9.17, 15) is 28.5 Å². The molecule has 6 atom stereocenters. The molecular formula is C41H80O12S. The first kappa shape index (κ1) is 51.1. The zero-order valence-corrected chi connectivity index (χ0v) is 34.9. The highest BCUT2D eigenvalue weighted by molar-refractivity contribution is 7.80. The van der Waals surface area contributed by atoms with Crippen LogP contribution >= 0.6 is 0 Å². The number of rotatable bonds is 38. The summed E-state index contributed by atoms with van der Waals surface area (Å²) in [4.78, 5) is 12.2. The summed E-state index contributed by atoms with van der Waals surface area (Å²) in [5, 5.41) is 30.2. The van der Waals surface area contributed by atoms with Crippen LogP contribution in [0.4, 0.5) is 0 Å². The molecule has 1 aliphatic heterocycles. The Bertz CT molecular complexity index is 968. The fourth-order valence-corrected chi connectivity index (χ4v) is 7.46. The summed E-state index contributed by atoms with van der Waals surface area (Å²) >= 11 is 0. The average Bonchev–Trinajstić information content (AvgIpc) is 3.13. The van der Waals surface area contributed by atoms with Gasteiger partial charge in [-0.25, -0.2) is 4.18 Å². The average molecular weight is 797 g/mol. The van der Waals surface area contributed by atoms with Crippen molar-refractivity contribution in [2.75, 3.05) is 26.4 Å². The van der Waals surface area contributed by atoms with Gasteiger partial charge >= 0.3 is 16.4 Å². The van der Waals surface area contributed by atoms with Gasteiger partial charge in [-0.3, -0.25) is 9.35 Å². The molecule has 0 radical (unpaired) electrons. The first-order valence-electron chi connectivity index (χ1n) is 21.8. The maximum Gasteiger partial charge on any atom is 0.397 e. The van der Waals surface area contributed by atoms with Crippen LogP contribution in [0.1, 0.15) is 194 Å². The summed E-state index contributed by atoms with van der Waals surface area (Å²) < 4.78 is 58.1. The number of carbonyl (C=O) groups excluding carboxylic acids is 1. The van der Waals surface area contributed by atoms with Crippen LogP contribution in [0.3, 0.4) is 0 Å². The molecule has 0 aromatic carbocycles. The van der Waals surface area contributed by atoms with Crippen LogP contribution in [0.5, 0.6) is 0 Å². The van der Waals surface area contributed by atoms with Crippen LogP contribution in [0.2, 0.25) is 0 Å². The highest BCUT2D eigenvalue weighted by Crippen LogP contribution is 2.26. The van der Waals surface area contributed by atoms with Crippen molar-refractivity contribution in [2.45, 2.75) is 230 Å². The third kappa shape index (κ3) is 27.7. The summed E-state index contributed by atoms with van der Waals surface area (Å²) in [6.07, 6.45) is 26.5. The van der Waals surface area contributed by atoms with Gasteiger partial charge < -0.3 is 34.3 Å². The molecule has 0 aromatic heterocycles. The second-order valence-corrected chi connectivity index (χ2v) is 16.4. The van der Waals surface area contributed by atoms with Crippen molar-refractivity contribution in [3.05, 3.63) is 0 Å². The van der Waals surface area contributed by atoms with E-state index in [0.29, 0.717) is 13.0 Å².